The van der Waals surface area contributed by atoms with Crippen molar-refractivity contribution in [3.8, 4) is 11.5 Å². The van der Waals surface area contributed by atoms with Crippen LogP contribution < -0.4 is 15.0 Å². The normalized spacial score (nSPS) is 20.9. The van der Waals surface area contributed by atoms with Crippen molar-refractivity contribution < 1.29 is 9.84 Å². The predicted octanol–water partition coefficient (Wildman–Crippen LogP) is 3.61. The number of aromatic nitrogens is 7. The van der Waals surface area contributed by atoms with Crippen molar-refractivity contribution in [3.05, 3.63) is 60.4 Å². The van der Waals surface area contributed by atoms with Gasteiger partial charge in [0.05, 0.1) is 17.3 Å². The Balaban J connectivity index is 1.14. The molecule has 1 saturated heterocycles. The Labute approximate surface area is 209 Å². The second-order valence-corrected chi connectivity index (χ2v) is 9.44. The molecular weight excluding hydrogens is 482 g/mol. The zero-order valence-electron chi connectivity index (χ0n) is 18.9. The molecule has 1 aromatic carbocycles. The van der Waals surface area contributed by atoms with Crippen molar-refractivity contribution in [3.63, 3.8) is 0 Å². The fourth-order valence-electron chi connectivity index (χ4n) is 5.03. The Hall–Kier alpha value is -4.09. The summed E-state index contributed by atoms with van der Waals surface area (Å²) in [5, 5.41) is 17.9. The van der Waals surface area contributed by atoms with E-state index in [0.717, 1.165) is 25.1 Å². The van der Waals surface area contributed by atoms with E-state index < -0.39 is 0 Å². The highest BCUT2D eigenvalue weighted by atomic mass is 35.5. The van der Waals surface area contributed by atoms with E-state index in [9.17, 15) is 5.11 Å². The standard InChI is InChI=1S/C24H20ClN9O2/c25-17-6-14(1-2-20(17)36-16-3-4-34-21(8-16)28-12-30-34)31-23-22-18(27-11-29-23)9-26-24(32-22)33-10-13-5-15(33)7-19(13)35/h1-4,6,8-9,11-13,15,19,35H,5,7,10H2,(H,27,29,31)/t13-,15-,19+/m1/s1. The molecule has 5 heterocycles. The fourth-order valence-corrected chi connectivity index (χ4v) is 5.25. The number of aliphatic hydroxyl groups excluding tert-OH is 1. The van der Waals surface area contributed by atoms with Gasteiger partial charge in [-0.15, -0.1) is 0 Å². The van der Waals surface area contributed by atoms with Gasteiger partial charge >= 0.3 is 0 Å². The summed E-state index contributed by atoms with van der Waals surface area (Å²) in [6.07, 6.45) is 7.94. The monoisotopic (exact) mass is 501 g/mol. The number of hydrogen-bond donors (Lipinski definition) is 2. The number of aliphatic hydroxyl groups is 1. The summed E-state index contributed by atoms with van der Waals surface area (Å²) in [5.41, 5.74) is 2.65. The SMILES string of the molecule is O[C@H]1C[C@H]2C[C@@H]1CN2c1ncc2ncnc(Nc3ccc(Oc4ccn5ncnc5c4)c(Cl)c3)c2n1. The minimum Gasteiger partial charge on any atom is -0.456 e. The lowest BCUT2D eigenvalue weighted by atomic mass is 10.1. The first-order chi connectivity index (χ1) is 17.6. The fraction of sp³-hybridized carbons (Fsp3) is 0.250. The van der Waals surface area contributed by atoms with E-state index in [1.165, 1.54) is 12.7 Å². The summed E-state index contributed by atoms with van der Waals surface area (Å²) in [7, 11) is 0. The van der Waals surface area contributed by atoms with E-state index in [1.54, 1.807) is 41.2 Å². The summed E-state index contributed by atoms with van der Waals surface area (Å²) in [6, 6.07) is 9.25. The van der Waals surface area contributed by atoms with Gasteiger partial charge in [-0.1, -0.05) is 11.6 Å². The van der Waals surface area contributed by atoms with E-state index in [4.69, 9.17) is 21.3 Å². The van der Waals surface area contributed by atoms with E-state index in [2.05, 4.69) is 35.3 Å². The Morgan fingerprint density at radius 2 is 2.00 bits per heavy atom. The molecule has 0 unspecified atom stereocenters. The van der Waals surface area contributed by atoms with E-state index >= 15 is 0 Å². The van der Waals surface area contributed by atoms with Crippen molar-refractivity contribution in [2.75, 3.05) is 16.8 Å². The Morgan fingerprint density at radius 3 is 2.83 bits per heavy atom. The summed E-state index contributed by atoms with van der Waals surface area (Å²) in [4.78, 5) is 24.4. The number of anilines is 3. The Morgan fingerprint density at radius 1 is 1.06 bits per heavy atom. The van der Waals surface area contributed by atoms with Crippen LogP contribution in [0.4, 0.5) is 17.5 Å². The molecule has 36 heavy (non-hydrogen) atoms. The maximum atomic E-state index is 10.1. The molecule has 0 amide bonds. The average Bonchev–Trinajstić information content (AvgIpc) is 3.61. The molecule has 180 valence electrons. The molecule has 0 spiro atoms. The highest BCUT2D eigenvalue weighted by Gasteiger charge is 2.44. The molecule has 5 aromatic rings. The van der Waals surface area contributed by atoms with Crippen molar-refractivity contribution in [1.82, 2.24) is 34.5 Å². The predicted molar refractivity (Wildman–Crippen MR) is 133 cm³/mol. The molecule has 1 aliphatic carbocycles. The smallest absolute Gasteiger partial charge is 0.226 e. The third kappa shape index (κ3) is 3.64. The molecule has 2 fully saturated rings. The molecule has 1 aliphatic heterocycles. The average molecular weight is 502 g/mol. The van der Waals surface area contributed by atoms with Gasteiger partial charge in [0.1, 0.15) is 35.2 Å². The molecule has 7 rings (SSSR count). The lowest BCUT2D eigenvalue weighted by Gasteiger charge is -2.29. The third-order valence-electron chi connectivity index (χ3n) is 6.80. The molecule has 0 radical (unpaired) electrons. The number of halogens is 1. The number of rotatable bonds is 5. The number of benzene rings is 1. The molecule has 3 atom stereocenters. The number of ether oxygens (including phenoxy) is 1. The quantitative estimate of drug-likeness (QED) is 0.368. The van der Waals surface area contributed by atoms with Crippen LogP contribution in [0.25, 0.3) is 16.7 Å². The van der Waals surface area contributed by atoms with Crippen LogP contribution in [0.5, 0.6) is 11.5 Å². The van der Waals surface area contributed by atoms with Crippen LogP contribution in [-0.4, -0.2) is 58.3 Å². The first-order valence-electron chi connectivity index (χ1n) is 11.6. The first kappa shape index (κ1) is 21.2. The molecule has 2 N–H and O–H groups in total. The maximum absolute atomic E-state index is 10.1. The molecule has 1 saturated carbocycles. The third-order valence-corrected chi connectivity index (χ3v) is 7.10. The van der Waals surface area contributed by atoms with Gasteiger partial charge in [0.2, 0.25) is 5.95 Å². The lowest BCUT2D eigenvalue weighted by Crippen LogP contribution is -2.38. The lowest BCUT2D eigenvalue weighted by molar-refractivity contribution is 0.126. The highest BCUT2D eigenvalue weighted by molar-refractivity contribution is 6.32. The van der Waals surface area contributed by atoms with E-state index in [1.807, 2.05) is 6.07 Å². The minimum atomic E-state index is -0.227. The van der Waals surface area contributed by atoms with Crippen LogP contribution in [0.1, 0.15) is 12.8 Å². The number of fused-ring (bicyclic) bond motifs is 4. The number of hydrogen-bond acceptors (Lipinski definition) is 10. The van der Waals surface area contributed by atoms with E-state index in [-0.39, 0.29) is 18.1 Å². The van der Waals surface area contributed by atoms with Gasteiger partial charge in [-0.05, 0) is 37.1 Å². The van der Waals surface area contributed by atoms with Crippen LogP contribution in [0.2, 0.25) is 5.02 Å². The summed E-state index contributed by atoms with van der Waals surface area (Å²) >= 11 is 6.54. The van der Waals surface area contributed by atoms with Crippen molar-refractivity contribution >= 4 is 45.7 Å². The first-order valence-corrected chi connectivity index (χ1v) is 11.9. The van der Waals surface area contributed by atoms with Gasteiger partial charge in [-0.25, -0.2) is 29.4 Å². The molecular formula is C24H20ClN9O2. The van der Waals surface area contributed by atoms with Gasteiger partial charge < -0.3 is 20.1 Å². The Kier molecular flexibility index (Phi) is 4.86. The van der Waals surface area contributed by atoms with Gasteiger partial charge in [0, 0.05) is 36.5 Å². The van der Waals surface area contributed by atoms with Crippen LogP contribution >= 0.6 is 11.6 Å². The van der Waals surface area contributed by atoms with Crippen LogP contribution in [0.15, 0.2) is 55.4 Å². The maximum Gasteiger partial charge on any atom is 0.226 e. The van der Waals surface area contributed by atoms with E-state index in [0.29, 0.717) is 45.0 Å². The molecule has 2 bridgehead atoms. The molecule has 11 nitrogen and oxygen atoms in total. The largest absolute Gasteiger partial charge is 0.456 e. The Bertz CT molecular complexity index is 1610. The van der Waals surface area contributed by atoms with Gasteiger partial charge in [0.15, 0.2) is 11.5 Å². The topological polar surface area (TPSA) is 126 Å². The second kappa shape index (κ2) is 8.25. The number of nitrogens with zero attached hydrogens (tertiary/aromatic N) is 8. The highest BCUT2D eigenvalue weighted by Crippen LogP contribution is 2.40. The van der Waals surface area contributed by atoms with Gasteiger partial charge in [-0.2, -0.15) is 5.10 Å². The van der Waals surface area contributed by atoms with Crippen LogP contribution in [-0.2, 0) is 0 Å². The zero-order valence-corrected chi connectivity index (χ0v) is 19.6. The summed E-state index contributed by atoms with van der Waals surface area (Å²) in [5.74, 6) is 2.57. The molecule has 4 aromatic heterocycles. The van der Waals surface area contributed by atoms with Gasteiger partial charge in [-0.3, -0.25) is 0 Å². The van der Waals surface area contributed by atoms with Crippen molar-refractivity contribution in [1.29, 1.82) is 0 Å². The zero-order chi connectivity index (χ0) is 24.2. The number of pyridine rings is 1. The second-order valence-electron chi connectivity index (χ2n) is 9.03. The number of piperidine rings is 1. The summed E-state index contributed by atoms with van der Waals surface area (Å²) < 4.78 is 7.61. The molecule has 2 aliphatic rings. The van der Waals surface area contributed by atoms with Crippen molar-refractivity contribution in [2.45, 2.75) is 25.0 Å². The van der Waals surface area contributed by atoms with Crippen LogP contribution in [0.3, 0.4) is 0 Å². The number of nitrogens with one attached hydrogen (secondary N) is 1. The summed E-state index contributed by atoms with van der Waals surface area (Å²) in [6.45, 7) is 0.759. The molecule has 12 heteroatoms. The van der Waals surface area contributed by atoms with Crippen LogP contribution in [0, 0.1) is 5.92 Å². The van der Waals surface area contributed by atoms with Crippen molar-refractivity contribution in [2.24, 2.45) is 5.92 Å². The minimum absolute atomic E-state index is 0.227. The van der Waals surface area contributed by atoms with Gasteiger partial charge in [0.25, 0.3) is 0 Å².